The number of rotatable bonds is 12. The molecule has 0 spiro atoms. The number of amides is 1. The highest BCUT2D eigenvalue weighted by atomic mass is 32.2. The third-order valence-electron chi connectivity index (χ3n) is 6.75. The van der Waals surface area contributed by atoms with Crippen LogP contribution in [0.25, 0.3) is 5.69 Å². The third-order valence-corrected chi connectivity index (χ3v) is 8.24. The van der Waals surface area contributed by atoms with E-state index < -0.39 is 26.9 Å². The summed E-state index contributed by atoms with van der Waals surface area (Å²) in [5.74, 6) is 0.237. The van der Waals surface area contributed by atoms with Crippen LogP contribution in [-0.2, 0) is 14.8 Å². The van der Waals surface area contributed by atoms with Crippen molar-refractivity contribution in [3.05, 3.63) is 106 Å². The number of pyridine rings is 1. The Kier molecular flexibility index (Phi) is 9.91. The first-order valence-electron chi connectivity index (χ1n) is 13.8. The number of carbonyl (C=O) groups excluding carboxylic acids is 1. The van der Waals surface area contributed by atoms with Gasteiger partial charge in [-0.3, -0.25) is 14.9 Å². The second-order valence-corrected chi connectivity index (χ2v) is 12.4. The fraction of sp³-hybridized carbons (Fsp3) is 0.258. The predicted octanol–water partition coefficient (Wildman–Crippen LogP) is 5.34. The molecular formula is C31H34N6O6S. The quantitative estimate of drug-likeness (QED) is 0.123. The highest BCUT2D eigenvalue weighted by molar-refractivity contribution is 7.89. The number of ether oxygens (including phenoxy) is 1. The van der Waals surface area contributed by atoms with E-state index >= 15 is 0 Å². The summed E-state index contributed by atoms with van der Waals surface area (Å²) < 4.78 is 36.1. The second kappa shape index (κ2) is 13.6. The highest BCUT2D eigenvalue weighted by Gasteiger charge is 2.26. The zero-order valence-electron chi connectivity index (χ0n) is 25.0. The van der Waals surface area contributed by atoms with Gasteiger partial charge in [0.15, 0.2) is 0 Å². The van der Waals surface area contributed by atoms with Gasteiger partial charge in [0.1, 0.15) is 18.0 Å². The molecule has 2 heterocycles. The summed E-state index contributed by atoms with van der Waals surface area (Å²) >= 11 is 0. The van der Waals surface area contributed by atoms with Gasteiger partial charge < -0.3 is 9.30 Å². The summed E-state index contributed by atoms with van der Waals surface area (Å²) in [6.45, 7) is 9.53. The molecule has 1 atom stereocenters. The number of aromatic nitrogens is 2. The van der Waals surface area contributed by atoms with Crippen molar-refractivity contribution in [2.45, 2.75) is 52.0 Å². The van der Waals surface area contributed by atoms with Crippen molar-refractivity contribution < 1.29 is 22.9 Å². The smallest absolute Gasteiger partial charge is 0.287 e. The van der Waals surface area contributed by atoms with Gasteiger partial charge in [-0.1, -0.05) is 31.5 Å². The third kappa shape index (κ3) is 7.94. The van der Waals surface area contributed by atoms with Gasteiger partial charge in [0, 0.05) is 34.8 Å². The second-order valence-electron chi connectivity index (χ2n) is 10.7. The number of nitrogens with zero attached hydrogens (tertiary/aromatic N) is 4. The zero-order chi connectivity index (χ0) is 32.0. The number of hydrogen-bond donors (Lipinski definition) is 2. The Morgan fingerprint density at radius 3 is 2.34 bits per heavy atom. The van der Waals surface area contributed by atoms with E-state index in [1.54, 1.807) is 24.3 Å². The first-order chi connectivity index (χ1) is 20.8. The minimum atomic E-state index is -3.91. The number of benzene rings is 2. The van der Waals surface area contributed by atoms with Crippen molar-refractivity contribution >= 4 is 27.8 Å². The molecule has 2 aromatic heterocycles. The lowest BCUT2D eigenvalue weighted by Gasteiger charge is -2.19. The van der Waals surface area contributed by atoms with E-state index in [4.69, 9.17) is 4.74 Å². The average Bonchev–Trinajstić information content (AvgIpc) is 3.25. The van der Waals surface area contributed by atoms with Crippen LogP contribution in [0.5, 0.6) is 11.6 Å². The average molecular weight is 619 g/mol. The normalized spacial score (nSPS) is 12.4. The van der Waals surface area contributed by atoms with Gasteiger partial charge in [-0.25, -0.2) is 18.8 Å². The Morgan fingerprint density at radius 1 is 1.07 bits per heavy atom. The van der Waals surface area contributed by atoms with E-state index in [0.29, 0.717) is 12.2 Å². The molecule has 12 nitrogen and oxygen atoms in total. The molecule has 0 aliphatic heterocycles. The van der Waals surface area contributed by atoms with Gasteiger partial charge in [-0.2, -0.15) is 9.82 Å². The summed E-state index contributed by atoms with van der Waals surface area (Å²) in [6.07, 6.45) is 2.95. The summed E-state index contributed by atoms with van der Waals surface area (Å²) in [5, 5.41) is 14.9. The lowest BCUT2D eigenvalue weighted by Crippen LogP contribution is -2.46. The van der Waals surface area contributed by atoms with Crippen LogP contribution in [0.4, 0.5) is 5.69 Å². The van der Waals surface area contributed by atoms with Crippen LogP contribution in [0.15, 0.2) is 82.9 Å². The Morgan fingerprint density at radius 2 is 1.75 bits per heavy atom. The monoisotopic (exact) mass is 618 g/mol. The van der Waals surface area contributed by atoms with Crippen molar-refractivity contribution in [3.8, 4) is 17.3 Å². The summed E-state index contributed by atoms with van der Waals surface area (Å²) in [5.41, 5.74) is 6.70. The number of nitro groups is 1. The maximum absolute atomic E-state index is 13.0. The van der Waals surface area contributed by atoms with Crippen molar-refractivity contribution in [3.63, 3.8) is 0 Å². The molecule has 44 heavy (non-hydrogen) atoms. The van der Waals surface area contributed by atoms with Crippen molar-refractivity contribution in [1.29, 1.82) is 0 Å². The summed E-state index contributed by atoms with van der Waals surface area (Å²) in [4.78, 5) is 27.4. The maximum atomic E-state index is 13.0. The Bertz CT molecular complexity index is 1760. The van der Waals surface area contributed by atoms with E-state index in [1.807, 2.05) is 57.4 Å². The van der Waals surface area contributed by atoms with Crippen LogP contribution in [0.1, 0.15) is 42.8 Å². The number of sulfonamides is 1. The number of carbonyl (C=O) groups is 1. The molecule has 0 saturated carbocycles. The molecule has 0 aliphatic carbocycles. The van der Waals surface area contributed by atoms with Crippen molar-refractivity contribution in [1.82, 2.24) is 19.7 Å². The van der Waals surface area contributed by atoms with Crippen LogP contribution < -0.4 is 14.9 Å². The first-order valence-corrected chi connectivity index (χ1v) is 15.3. The van der Waals surface area contributed by atoms with E-state index in [1.165, 1.54) is 30.5 Å². The van der Waals surface area contributed by atoms with Crippen LogP contribution in [0.3, 0.4) is 0 Å². The number of hydrogen-bond acceptors (Lipinski definition) is 8. The first kappa shape index (κ1) is 32.0. The summed E-state index contributed by atoms with van der Waals surface area (Å²) in [6, 6.07) is 17.3. The van der Waals surface area contributed by atoms with E-state index in [0.717, 1.165) is 34.4 Å². The molecule has 230 valence electrons. The fourth-order valence-electron chi connectivity index (χ4n) is 4.54. The molecule has 4 rings (SSSR count). The molecule has 0 saturated heterocycles. The van der Waals surface area contributed by atoms with Crippen molar-refractivity contribution in [2.24, 2.45) is 11.0 Å². The number of nitrogens with one attached hydrogen (secondary N) is 2. The van der Waals surface area contributed by atoms with Gasteiger partial charge in [-0.15, -0.1) is 0 Å². The highest BCUT2D eigenvalue weighted by Crippen LogP contribution is 2.25. The molecule has 1 amide bonds. The molecular weight excluding hydrogens is 584 g/mol. The van der Waals surface area contributed by atoms with E-state index in [9.17, 15) is 23.3 Å². The molecule has 0 radical (unpaired) electrons. The lowest BCUT2D eigenvalue weighted by molar-refractivity contribution is -0.385. The largest absolute Gasteiger partial charge is 0.439 e. The van der Waals surface area contributed by atoms with Gasteiger partial charge in [0.25, 0.3) is 11.6 Å². The Labute approximate surface area is 256 Å². The van der Waals surface area contributed by atoms with E-state index in [2.05, 4.69) is 20.2 Å². The molecule has 13 heteroatoms. The van der Waals surface area contributed by atoms with Gasteiger partial charge in [0.05, 0.1) is 16.0 Å². The predicted molar refractivity (Wildman–Crippen MR) is 167 cm³/mol. The standard InChI is InChI=1S/C31H34N6O6S/c1-20(2)16-29(35-44(41,42)28-13-6-21(3)7-14-28)31(38)34-33-18-24-17-22(4)36(23(24)5)25-8-11-27(12-9-25)43-30-15-10-26(19-32-30)37(39)40/h6-15,17-20,29,35H,16H2,1-5H3,(H,34,38)/b33-18-/t29-/m1/s1. The molecule has 0 aliphatic rings. The molecule has 0 fully saturated rings. The molecule has 4 aromatic rings. The minimum Gasteiger partial charge on any atom is -0.439 e. The molecule has 0 bridgehead atoms. The van der Waals surface area contributed by atoms with Gasteiger partial charge in [0.2, 0.25) is 15.9 Å². The molecule has 2 N–H and O–H groups in total. The van der Waals surface area contributed by atoms with Crippen molar-refractivity contribution in [2.75, 3.05) is 0 Å². The Hall–Kier alpha value is -4.88. The summed E-state index contributed by atoms with van der Waals surface area (Å²) in [7, 11) is -3.91. The Balaban J connectivity index is 1.44. The SMILES string of the molecule is Cc1ccc(S(=O)(=O)N[C@H](CC(C)C)C(=O)N/N=C\c2cc(C)n(-c3ccc(Oc4ccc([N+](=O)[O-])cn4)cc3)c2C)cc1. The van der Waals surface area contributed by atoms with Crippen LogP contribution in [0.2, 0.25) is 0 Å². The van der Waals surface area contributed by atoms with Crippen LogP contribution >= 0.6 is 0 Å². The fourth-order valence-corrected chi connectivity index (χ4v) is 5.74. The topological polar surface area (TPSA) is 158 Å². The number of aryl methyl sites for hydroxylation is 2. The zero-order valence-corrected chi connectivity index (χ0v) is 25.8. The van der Waals surface area contributed by atoms with Gasteiger partial charge >= 0.3 is 0 Å². The molecule has 2 aromatic carbocycles. The lowest BCUT2D eigenvalue weighted by atomic mass is 10.0. The van der Waals surface area contributed by atoms with Crippen LogP contribution in [0, 0.1) is 36.8 Å². The van der Waals surface area contributed by atoms with Gasteiger partial charge in [-0.05, 0) is 75.6 Å². The van der Waals surface area contributed by atoms with Crippen LogP contribution in [-0.4, -0.2) is 41.1 Å². The minimum absolute atomic E-state index is 0.0524. The molecule has 0 unspecified atom stereocenters. The number of hydrazone groups is 1. The maximum Gasteiger partial charge on any atom is 0.287 e. The van der Waals surface area contributed by atoms with E-state index in [-0.39, 0.29) is 22.4 Å².